The van der Waals surface area contributed by atoms with E-state index in [4.69, 9.17) is 34.4 Å². The first-order valence-electron chi connectivity index (χ1n) is 19.3. The van der Waals surface area contributed by atoms with E-state index in [0.29, 0.717) is 18.5 Å². The highest BCUT2D eigenvalue weighted by Gasteiger charge is 2.34. The van der Waals surface area contributed by atoms with Crippen LogP contribution < -0.4 is 66.3 Å². The summed E-state index contributed by atoms with van der Waals surface area (Å²) in [7, 11) is 0. The maximum absolute atomic E-state index is 13.7. The summed E-state index contributed by atoms with van der Waals surface area (Å²) in [6.45, 7) is -0.515. The molecule has 0 fully saturated rings. The van der Waals surface area contributed by atoms with E-state index >= 15 is 0 Å². The number of carboxylic acids is 1. The zero-order chi connectivity index (χ0) is 46.1. The minimum absolute atomic E-state index is 0.00392. The van der Waals surface area contributed by atoms with Gasteiger partial charge in [-0.2, -0.15) is 0 Å². The van der Waals surface area contributed by atoms with Crippen LogP contribution in [0.4, 0.5) is 0 Å². The molecule has 0 bridgehead atoms. The number of aliphatic carboxylic acids is 1. The molecule has 344 valence electrons. The first kappa shape index (κ1) is 52.9. The number of nitrogens with one attached hydrogen (secondary N) is 7. The smallest absolute Gasteiger partial charge is 0.328 e. The molecule has 8 atom stereocenters. The van der Waals surface area contributed by atoms with Gasteiger partial charge in [-0.05, 0) is 58.4 Å². The third-order valence-electron chi connectivity index (χ3n) is 8.75. The molecule has 6 amide bonds. The van der Waals surface area contributed by atoms with Crippen LogP contribution in [0.1, 0.15) is 57.6 Å². The standard InChI is InChI=1S/C34H62N16O11/c1-17(53)25(32(60)61)50-29(57)20(6-2-3-9-35)45-27(55)21(7-4-10-42-33(37)38)46-31(59)24(15-52)49-28(56)22(8-5-11-43-34(39)40)47-30(58)23(14-51)48-26(54)19(36)12-18-13-41-16-44-18/h13,16-17,19-25,51-53H,2-12,14-15,35-36H2,1H3,(H,41,44)(H,45,55)(H,46,59)(H,47,58)(H,48,54)(H,49,56)(H,50,57)(H,60,61)(H4,37,38,42)(H4,39,40,43)/t17-,19+,20+,21+,22+,23+,24+,25+/m1/s1. The molecule has 0 aromatic carbocycles. The zero-order valence-electron chi connectivity index (χ0n) is 33.9. The fourth-order valence-electron chi connectivity index (χ4n) is 5.43. The molecular formula is C34H62N16O11. The van der Waals surface area contributed by atoms with Crippen molar-refractivity contribution < 1.29 is 54.0 Å². The summed E-state index contributed by atoms with van der Waals surface area (Å²) in [5.41, 5.74) is 33.6. The molecule has 27 nitrogen and oxygen atoms in total. The second-order valence-electron chi connectivity index (χ2n) is 13.8. The van der Waals surface area contributed by atoms with E-state index in [2.05, 4.69) is 51.9 Å². The minimum atomic E-state index is -1.74. The molecular weight excluding hydrogens is 808 g/mol. The van der Waals surface area contributed by atoms with Crippen molar-refractivity contribution in [3.8, 4) is 0 Å². The van der Waals surface area contributed by atoms with E-state index in [0.717, 1.165) is 6.92 Å². The van der Waals surface area contributed by atoms with Gasteiger partial charge in [-0.25, -0.2) is 9.78 Å². The van der Waals surface area contributed by atoms with Gasteiger partial charge >= 0.3 is 5.97 Å². The van der Waals surface area contributed by atoms with Crippen molar-refractivity contribution in [1.29, 1.82) is 0 Å². The summed E-state index contributed by atoms with van der Waals surface area (Å²) in [6.07, 6.45) is 1.98. The summed E-state index contributed by atoms with van der Waals surface area (Å²) in [4.78, 5) is 106. The number of carboxylic acid groups (broad SMARTS) is 1. The Balaban J connectivity index is 3.28. The van der Waals surface area contributed by atoms with Gasteiger partial charge in [0.2, 0.25) is 35.4 Å². The third-order valence-corrected chi connectivity index (χ3v) is 8.75. The van der Waals surface area contributed by atoms with Gasteiger partial charge in [0, 0.05) is 31.4 Å². The number of aliphatic hydroxyl groups is 3. The molecule has 1 aromatic rings. The number of guanidine groups is 2. The second kappa shape index (κ2) is 28.3. The lowest BCUT2D eigenvalue weighted by atomic mass is 10.0. The normalized spacial score (nSPS) is 14.9. The van der Waals surface area contributed by atoms with Crippen molar-refractivity contribution in [3.63, 3.8) is 0 Å². The van der Waals surface area contributed by atoms with Crippen molar-refractivity contribution in [1.82, 2.24) is 41.9 Å². The molecule has 0 aliphatic rings. The van der Waals surface area contributed by atoms with Gasteiger partial charge in [-0.15, -0.1) is 0 Å². The number of aliphatic hydroxyl groups excluding tert-OH is 3. The van der Waals surface area contributed by atoms with Gasteiger partial charge in [0.25, 0.3) is 0 Å². The predicted octanol–water partition coefficient (Wildman–Crippen LogP) is -8.13. The maximum Gasteiger partial charge on any atom is 0.328 e. The zero-order valence-corrected chi connectivity index (χ0v) is 33.9. The number of aromatic amines is 1. The third kappa shape index (κ3) is 20.6. The van der Waals surface area contributed by atoms with E-state index in [1.807, 2.05) is 0 Å². The molecule has 0 saturated carbocycles. The number of aromatic nitrogens is 2. The summed E-state index contributed by atoms with van der Waals surface area (Å²) in [5, 5.41) is 53.6. The van der Waals surface area contributed by atoms with Crippen LogP contribution in [0.25, 0.3) is 0 Å². The monoisotopic (exact) mass is 870 g/mol. The van der Waals surface area contributed by atoms with Crippen molar-refractivity contribution >= 4 is 53.3 Å². The molecule has 1 rings (SSSR count). The number of amides is 6. The van der Waals surface area contributed by atoms with Crippen molar-refractivity contribution in [2.75, 3.05) is 32.8 Å². The van der Waals surface area contributed by atoms with Crippen LogP contribution in [0.5, 0.6) is 0 Å². The lowest BCUT2D eigenvalue weighted by Crippen LogP contribution is -2.61. The van der Waals surface area contributed by atoms with Crippen LogP contribution in [0.3, 0.4) is 0 Å². The highest BCUT2D eigenvalue weighted by atomic mass is 16.4. The molecule has 0 unspecified atom stereocenters. The maximum atomic E-state index is 13.7. The van der Waals surface area contributed by atoms with Crippen LogP contribution in [0.15, 0.2) is 22.5 Å². The Morgan fingerprint density at radius 2 is 1.08 bits per heavy atom. The number of H-pyrrole nitrogens is 1. The Morgan fingerprint density at radius 1 is 0.672 bits per heavy atom. The molecule has 1 aromatic heterocycles. The quantitative estimate of drug-likeness (QED) is 0.0194. The van der Waals surface area contributed by atoms with Crippen molar-refractivity contribution in [2.24, 2.45) is 44.4 Å². The minimum Gasteiger partial charge on any atom is -0.480 e. The average Bonchev–Trinajstić information content (AvgIpc) is 3.71. The number of hydrogen-bond acceptors (Lipinski definition) is 15. The number of nitrogens with two attached hydrogens (primary N) is 6. The van der Waals surface area contributed by atoms with E-state index in [9.17, 15) is 54.0 Å². The van der Waals surface area contributed by atoms with E-state index in [1.165, 1.54) is 12.5 Å². The van der Waals surface area contributed by atoms with Gasteiger partial charge in [-0.1, -0.05) is 0 Å². The lowest BCUT2D eigenvalue weighted by Gasteiger charge is -2.27. The highest BCUT2D eigenvalue weighted by Crippen LogP contribution is 2.08. The van der Waals surface area contributed by atoms with Crippen LogP contribution in [-0.4, -0.2) is 165 Å². The molecule has 1 heterocycles. The topological polar surface area (TPSA) is 482 Å². The summed E-state index contributed by atoms with van der Waals surface area (Å²) in [5.74, 6) is -7.82. The van der Waals surface area contributed by atoms with Gasteiger partial charge in [0.15, 0.2) is 18.0 Å². The fraction of sp³-hybridized carbons (Fsp3) is 0.647. The average molecular weight is 871 g/mol. The Hall–Kier alpha value is -6.16. The first-order valence-corrected chi connectivity index (χ1v) is 19.3. The van der Waals surface area contributed by atoms with Crippen molar-refractivity contribution in [2.45, 2.75) is 107 Å². The molecule has 0 spiro atoms. The summed E-state index contributed by atoms with van der Waals surface area (Å²) < 4.78 is 0. The molecule has 27 heteroatoms. The number of aliphatic imine (C=N–C) groups is 2. The number of unbranched alkanes of at least 4 members (excludes halogenated alkanes) is 1. The molecule has 0 saturated heterocycles. The molecule has 61 heavy (non-hydrogen) atoms. The first-order chi connectivity index (χ1) is 28.8. The van der Waals surface area contributed by atoms with Gasteiger partial charge in [-0.3, -0.25) is 38.8 Å². The van der Waals surface area contributed by atoms with E-state index < -0.39 is 103 Å². The lowest BCUT2D eigenvalue weighted by molar-refractivity contribution is -0.145. The molecule has 0 aliphatic carbocycles. The van der Waals surface area contributed by atoms with Gasteiger partial charge < -0.3 is 91.7 Å². The molecule has 0 radical (unpaired) electrons. The Labute approximate surface area is 351 Å². The Kier molecular flexibility index (Phi) is 24.6. The summed E-state index contributed by atoms with van der Waals surface area (Å²) in [6, 6.07) is -10.4. The van der Waals surface area contributed by atoms with Crippen LogP contribution in [0, 0.1) is 0 Å². The predicted molar refractivity (Wildman–Crippen MR) is 218 cm³/mol. The Morgan fingerprint density at radius 3 is 1.46 bits per heavy atom. The van der Waals surface area contributed by atoms with Crippen LogP contribution in [-0.2, 0) is 40.0 Å². The van der Waals surface area contributed by atoms with Crippen LogP contribution >= 0.6 is 0 Å². The van der Waals surface area contributed by atoms with Crippen LogP contribution in [0.2, 0.25) is 0 Å². The second-order valence-corrected chi connectivity index (χ2v) is 13.8. The number of hydrogen-bond donors (Lipinski definition) is 17. The number of rotatable bonds is 30. The molecule has 0 aliphatic heterocycles. The number of carbonyl (C=O) groups excluding carboxylic acids is 6. The summed E-state index contributed by atoms with van der Waals surface area (Å²) >= 11 is 0. The fourth-order valence-corrected chi connectivity index (χ4v) is 5.43. The van der Waals surface area contributed by atoms with Crippen molar-refractivity contribution in [3.05, 3.63) is 18.2 Å². The number of imidazole rings is 1. The number of carbonyl (C=O) groups is 7. The van der Waals surface area contributed by atoms with Gasteiger partial charge in [0.1, 0.15) is 30.2 Å². The highest BCUT2D eigenvalue weighted by molar-refractivity contribution is 5.97. The largest absolute Gasteiger partial charge is 0.480 e. The SMILES string of the molecule is C[C@@H](O)[C@H](NC(=O)[C@H](CCCCN)NC(=O)[C@H](CCCN=C(N)N)NC(=O)[C@H](CO)NC(=O)[C@H](CCCN=C(N)N)NC(=O)[C@H](CO)NC(=O)[C@@H](N)Cc1cnc[nH]1)C(=O)O. The molecule has 23 N–H and O–H groups in total. The van der Waals surface area contributed by atoms with E-state index in [-0.39, 0.29) is 70.1 Å². The van der Waals surface area contributed by atoms with E-state index in [1.54, 1.807) is 0 Å². The number of nitrogens with zero attached hydrogens (tertiary/aromatic N) is 3. The van der Waals surface area contributed by atoms with Gasteiger partial charge in [0.05, 0.1) is 31.7 Å². The Bertz CT molecular complexity index is 1620.